The van der Waals surface area contributed by atoms with Gasteiger partial charge in [-0.1, -0.05) is 49.1 Å². The second kappa shape index (κ2) is 22.0. The molecule has 0 unspecified atom stereocenters. The summed E-state index contributed by atoms with van der Waals surface area (Å²) in [5, 5.41) is 46.6. The van der Waals surface area contributed by atoms with Crippen LogP contribution in [0.15, 0.2) is 103 Å². The van der Waals surface area contributed by atoms with Crippen LogP contribution in [0.4, 0.5) is 54.8 Å². The Morgan fingerprint density at radius 2 is 0.898 bits per heavy atom. The first-order valence-electron chi connectivity index (χ1n) is 17.6. The third kappa shape index (κ3) is 15.0. The van der Waals surface area contributed by atoms with Crippen molar-refractivity contribution in [2.75, 3.05) is 26.6 Å². The molecule has 0 amide bonds. The van der Waals surface area contributed by atoms with Gasteiger partial charge in [0, 0.05) is 22.4 Å². The van der Waals surface area contributed by atoms with Crippen LogP contribution in [0.2, 0.25) is 5.02 Å². The van der Waals surface area contributed by atoms with Crippen LogP contribution in [-0.4, -0.2) is 36.7 Å². The summed E-state index contributed by atoms with van der Waals surface area (Å²) in [5.74, 6) is -3.64. The first-order valence-corrected chi connectivity index (χ1v) is 19.2. The minimum atomic E-state index is -4.41. The average Bonchev–Trinajstić information content (AvgIpc) is 3.19. The number of phenols is 3. The number of thiocarbonyl (C=S) groups is 3. The maximum Gasteiger partial charge on any atom is 0.416 e. The molecule has 6 rings (SSSR count). The van der Waals surface area contributed by atoms with Crippen molar-refractivity contribution in [1.82, 2.24) is 5.32 Å². The van der Waals surface area contributed by atoms with Crippen LogP contribution in [0.3, 0.4) is 0 Å². The van der Waals surface area contributed by atoms with Crippen LogP contribution in [0.1, 0.15) is 37.7 Å². The number of alkyl halides is 3. The van der Waals surface area contributed by atoms with Gasteiger partial charge in [-0.25, -0.2) is 13.2 Å². The van der Waals surface area contributed by atoms with Gasteiger partial charge < -0.3 is 47.2 Å². The van der Waals surface area contributed by atoms with Gasteiger partial charge in [0.15, 0.2) is 50.0 Å². The lowest BCUT2D eigenvalue weighted by Crippen LogP contribution is -2.38. The zero-order valence-corrected chi connectivity index (χ0v) is 33.8. The Morgan fingerprint density at radius 1 is 0.525 bits per heavy atom. The lowest BCUT2D eigenvalue weighted by atomic mass is 9.96. The number of hydrogen-bond donors (Lipinski definition) is 9. The molecule has 1 aliphatic rings. The molecule has 0 saturated heterocycles. The maximum atomic E-state index is 13.2. The van der Waals surface area contributed by atoms with Crippen molar-refractivity contribution in [3.05, 3.63) is 131 Å². The molecule has 19 heteroatoms. The van der Waals surface area contributed by atoms with E-state index in [-0.39, 0.29) is 21.6 Å². The zero-order chi connectivity index (χ0) is 43.1. The second-order valence-corrected chi connectivity index (χ2v) is 14.2. The van der Waals surface area contributed by atoms with Gasteiger partial charge in [-0.3, -0.25) is 0 Å². The van der Waals surface area contributed by atoms with Crippen LogP contribution < -0.4 is 31.9 Å². The van der Waals surface area contributed by atoms with Crippen molar-refractivity contribution >= 4 is 92.0 Å². The Hall–Kier alpha value is -5.56. The molecule has 5 aromatic rings. The first kappa shape index (κ1) is 46.1. The number of benzene rings is 5. The number of halogens is 7. The Kier molecular flexibility index (Phi) is 17.2. The molecule has 0 radical (unpaired) electrons. The van der Waals surface area contributed by atoms with Gasteiger partial charge in [0.1, 0.15) is 0 Å². The van der Waals surface area contributed by atoms with E-state index in [0.717, 1.165) is 42.8 Å². The van der Waals surface area contributed by atoms with Crippen molar-refractivity contribution in [2.24, 2.45) is 0 Å². The number of nitrogens with one attached hydrogen (secondary N) is 6. The van der Waals surface area contributed by atoms with Gasteiger partial charge >= 0.3 is 6.18 Å². The third-order valence-corrected chi connectivity index (χ3v) is 9.10. The lowest BCUT2D eigenvalue weighted by Gasteiger charge is -2.24. The molecule has 1 fully saturated rings. The summed E-state index contributed by atoms with van der Waals surface area (Å²) in [4.78, 5) is 0. The van der Waals surface area contributed by atoms with Crippen LogP contribution in [0.5, 0.6) is 17.2 Å². The summed E-state index contributed by atoms with van der Waals surface area (Å²) in [7, 11) is 0. The minimum absolute atomic E-state index is 0.000610. The molecule has 9 nitrogen and oxygen atoms in total. The Balaban J connectivity index is 0.000000197. The molecule has 0 atom stereocenters. The smallest absolute Gasteiger partial charge is 0.416 e. The number of phenolic OH excluding ortho intramolecular Hbond substituents is 3. The second-order valence-electron chi connectivity index (χ2n) is 12.6. The predicted octanol–water partition coefficient (Wildman–Crippen LogP) is 11.5. The molecular formula is C40H37ClF6N6O3S3. The van der Waals surface area contributed by atoms with Gasteiger partial charge in [-0.2, -0.15) is 13.2 Å². The molecule has 1 saturated carbocycles. The monoisotopic (exact) mass is 894 g/mol. The van der Waals surface area contributed by atoms with E-state index >= 15 is 0 Å². The van der Waals surface area contributed by atoms with Gasteiger partial charge in [0.05, 0.1) is 22.6 Å². The number of para-hydroxylation sites is 3. The molecule has 1 aliphatic carbocycles. The SMILES string of the molecule is Oc1c(F)cccc1NC(=S)NC1CCCCC1.Oc1c(F)cccc1NC(=S)Nc1ccc(C(F)(F)F)cc1.Oc1c(F)cccc1NC(=S)Nc1ccc(Cl)cc1. The highest BCUT2D eigenvalue weighted by atomic mass is 35.5. The summed E-state index contributed by atoms with van der Waals surface area (Å²) in [6.07, 6.45) is 1.51. The molecule has 0 bridgehead atoms. The van der Waals surface area contributed by atoms with E-state index in [2.05, 4.69) is 31.9 Å². The summed E-state index contributed by atoms with van der Waals surface area (Å²) in [6, 6.07) is 23.9. The number of aromatic hydroxyl groups is 3. The predicted molar refractivity (Wildman–Crippen MR) is 233 cm³/mol. The fourth-order valence-corrected chi connectivity index (χ4v) is 6.14. The van der Waals surface area contributed by atoms with Gasteiger partial charge in [-0.05, 0) is 134 Å². The third-order valence-electron chi connectivity index (χ3n) is 8.22. The van der Waals surface area contributed by atoms with Gasteiger partial charge in [-0.15, -0.1) is 0 Å². The summed E-state index contributed by atoms with van der Waals surface area (Å²) in [5.41, 5.74) is 0.818. The van der Waals surface area contributed by atoms with E-state index in [4.69, 9.17) is 48.3 Å². The van der Waals surface area contributed by atoms with Crippen molar-refractivity contribution in [2.45, 2.75) is 44.3 Å². The number of hydrogen-bond acceptors (Lipinski definition) is 6. The fraction of sp³-hybridized carbons (Fsp3) is 0.175. The van der Waals surface area contributed by atoms with Gasteiger partial charge in [0.2, 0.25) is 0 Å². The van der Waals surface area contributed by atoms with E-state index in [1.54, 1.807) is 30.3 Å². The fourth-order valence-electron chi connectivity index (χ4n) is 5.28. The van der Waals surface area contributed by atoms with Crippen molar-refractivity contribution in [3.8, 4) is 17.2 Å². The van der Waals surface area contributed by atoms with Gasteiger partial charge in [0.25, 0.3) is 0 Å². The van der Waals surface area contributed by atoms with Crippen molar-refractivity contribution in [1.29, 1.82) is 0 Å². The highest BCUT2D eigenvalue weighted by Crippen LogP contribution is 2.31. The Morgan fingerprint density at radius 3 is 1.29 bits per heavy atom. The van der Waals surface area contributed by atoms with E-state index in [0.29, 0.717) is 27.6 Å². The van der Waals surface area contributed by atoms with E-state index < -0.39 is 46.4 Å². The summed E-state index contributed by atoms with van der Waals surface area (Å²) >= 11 is 20.9. The Bertz CT molecular complexity index is 2210. The normalized spacial score (nSPS) is 12.3. The molecule has 312 valence electrons. The van der Waals surface area contributed by atoms with E-state index in [1.165, 1.54) is 67.8 Å². The first-order chi connectivity index (χ1) is 28.0. The van der Waals surface area contributed by atoms with Crippen LogP contribution >= 0.6 is 48.3 Å². The highest BCUT2D eigenvalue weighted by Gasteiger charge is 2.30. The van der Waals surface area contributed by atoms with Crippen molar-refractivity contribution in [3.63, 3.8) is 0 Å². The standard InChI is InChI=1S/C14H10F4N2OS.C13H10ClFN2OS.C13H17FN2OS/c15-10-2-1-3-11(12(10)21)20-13(22)19-9-6-4-8(5-7-9)14(16,17)18;14-8-4-6-9(7-5-8)16-13(19)17-11-3-1-2-10(15)12(11)18;14-10-7-4-8-11(12(10)17)16-13(18)15-9-5-2-1-3-6-9/h1-7,21H,(H2,19,20,22);1-7,18H,(H2,16,17,19);4,7-9,17H,1-3,5-6H2,(H2,15,16,18). The van der Waals surface area contributed by atoms with Crippen molar-refractivity contribution < 1.29 is 41.7 Å². The molecule has 0 aliphatic heterocycles. The highest BCUT2D eigenvalue weighted by molar-refractivity contribution is 7.81. The largest absolute Gasteiger partial charge is 0.503 e. The van der Waals surface area contributed by atoms with Crippen LogP contribution in [0, 0.1) is 17.5 Å². The molecule has 0 spiro atoms. The minimum Gasteiger partial charge on any atom is -0.503 e. The Labute approximate surface area is 356 Å². The maximum absolute atomic E-state index is 13.2. The quantitative estimate of drug-likeness (QED) is 0.0457. The molecule has 0 aromatic heterocycles. The summed E-state index contributed by atoms with van der Waals surface area (Å²) < 4.78 is 76.7. The van der Waals surface area contributed by atoms with E-state index in [1.807, 2.05) is 0 Å². The van der Waals surface area contributed by atoms with Crippen LogP contribution in [0.25, 0.3) is 0 Å². The zero-order valence-electron chi connectivity index (χ0n) is 30.6. The number of anilines is 5. The summed E-state index contributed by atoms with van der Waals surface area (Å²) in [6.45, 7) is 0. The van der Waals surface area contributed by atoms with E-state index in [9.17, 15) is 41.7 Å². The van der Waals surface area contributed by atoms with Crippen LogP contribution in [-0.2, 0) is 6.18 Å². The topological polar surface area (TPSA) is 133 Å². The molecule has 9 N–H and O–H groups in total. The average molecular weight is 895 g/mol. The molecular weight excluding hydrogens is 858 g/mol. The number of rotatable bonds is 6. The lowest BCUT2D eigenvalue weighted by molar-refractivity contribution is -0.137. The molecule has 59 heavy (non-hydrogen) atoms. The molecule has 5 aromatic carbocycles. The molecule has 0 heterocycles.